The van der Waals surface area contributed by atoms with Gasteiger partial charge in [0.05, 0.1) is 6.10 Å². The highest BCUT2D eigenvalue weighted by atomic mass is 35.5. The van der Waals surface area contributed by atoms with E-state index in [1.807, 2.05) is 62.4 Å². The average Bonchev–Trinajstić information content (AvgIpc) is 2.52. The van der Waals surface area contributed by atoms with Crippen molar-refractivity contribution in [2.24, 2.45) is 0 Å². The minimum absolute atomic E-state index is 0.118. The van der Waals surface area contributed by atoms with Crippen molar-refractivity contribution in [1.82, 2.24) is 0 Å². The predicted octanol–water partition coefficient (Wildman–Crippen LogP) is 4.88. The van der Waals surface area contributed by atoms with Gasteiger partial charge in [0.15, 0.2) is 0 Å². The lowest BCUT2D eigenvalue weighted by Gasteiger charge is -2.08. The van der Waals surface area contributed by atoms with Crippen LogP contribution in [0, 0.1) is 0 Å². The fourth-order valence-electron chi connectivity index (χ4n) is 1.89. The normalized spacial score (nSPS) is 11.0. The molecule has 120 valence electrons. The van der Waals surface area contributed by atoms with Crippen molar-refractivity contribution in [3.05, 3.63) is 70.8 Å². The molecule has 2 aromatic carbocycles. The van der Waals surface area contributed by atoms with Crippen LogP contribution in [0.4, 0.5) is 0 Å². The summed E-state index contributed by atoms with van der Waals surface area (Å²) in [6.07, 6.45) is 3.01. The third-order valence-corrected chi connectivity index (χ3v) is 3.36. The molecule has 0 radical (unpaired) electrons. The molecule has 4 heteroatoms. The summed E-state index contributed by atoms with van der Waals surface area (Å²) in [6, 6.07) is 15.0. The molecule has 0 aromatic heterocycles. The van der Waals surface area contributed by atoms with Gasteiger partial charge in [0.25, 0.3) is 0 Å². The van der Waals surface area contributed by atoms with Crippen molar-refractivity contribution < 1.29 is 14.3 Å². The van der Waals surface area contributed by atoms with Gasteiger partial charge in [0.2, 0.25) is 0 Å². The molecular weight excluding hydrogens is 312 g/mol. The molecule has 2 rings (SSSR count). The first kappa shape index (κ1) is 17.1. The number of hydrogen-bond donors (Lipinski definition) is 0. The Balaban J connectivity index is 1.91. The molecule has 0 N–H and O–H groups in total. The van der Waals surface area contributed by atoms with E-state index < -0.39 is 0 Å². The monoisotopic (exact) mass is 330 g/mol. The second-order valence-electron chi connectivity index (χ2n) is 5.27. The second kappa shape index (κ2) is 8.39. The summed E-state index contributed by atoms with van der Waals surface area (Å²) in [4.78, 5) is 11.4. The molecule has 0 aliphatic heterocycles. The zero-order chi connectivity index (χ0) is 16.7. The summed E-state index contributed by atoms with van der Waals surface area (Å²) >= 11 is 6.09. The van der Waals surface area contributed by atoms with Crippen LogP contribution in [-0.2, 0) is 16.1 Å². The number of halogens is 1. The quantitative estimate of drug-likeness (QED) is 0.559. The molecule has 0 unspecified atom stereocenters. The van der Waals surface area contributed by atoms with Crippen molar-refractivity contribution >= 4 is 23.6 Å². The summed E-state index contributed by atoms with van der Waals surface area (Å²) in [6.45, 7) is 4.04. The first-order valence-electron chi connectivity index (χ1n) is 7.39. The fourth-order valence-corrected chi connectivity index (χ4v) is 2.08. The summed E-state index contributed by atoms with van der Waals surface area (Å²) in [7, 11) is 0. The maximum absolute atomic E-state index is 11.4. The Labute approximate surface area is 141 Å². The summed E-state index contributed by atoms with van der Waals surface area (Å²) in [5.74, 6) is 0.394. The first-order valence-corrected chi connectivity index (χ1v) is 7.77. The van der Waals surface area contributed by atoms with Crippen LogP contribution in [-0.4, -0.2) is 12.1 Å². The molecule has 0 bridgehead atoms. The number of esters is 1. The Kier molecular flexibility index (Phi) is 6.24. The maximum atomic E-state index is 11.4. The Morgan fingerprint density at radius 3 is 2.48 bits per heavy atom. The van der Waals surface area contributed by atoms with Crippen LogP contribution in [0.5, 0.6) is 5.75 Å². The molecule has 0 amide bonds. The number of ether oxygens (including phenoxy) is 2. The second-order valence-corrected chi connectivity index (χ2v) is 5.68. The molecule has 0 aliphatic carbocycles. The number of carbonyl (C=O) groups is 1. The fraction of sp³-hybridized carbons (Fsp3) is 0.211. The van der Waals surface area contributed by atoms with Crippen LogP contribution in [0.1, 0.15) is 25.0 Å². The van der Waals surface area contributed by atoms with E-state index in [-0.39, 0.29) is 12.1 Å². The Morgan fingerprint density at radius 1 is 1.13 bits per heavy atom. The van der Waals surface area contributed by atoms with Crippen LogP contribution in [0.2, 0.25) is 5.02 Å². The Hall–Kier alpha value is -2.26. The highest BCUT2D eigenvalue weighted by molar-refractivity contribution is 6.31. The predicted molar refractivity (Wildman–Crippen MR) is 92.5 cm³/mol. The molecule has 0 fully saturated rings. The van der Waals surface area contributed by atoms with E-state index in [0.29, 0.717) is 11.6 Å². The topological polar surface area (TPSA) is 35.5 Å². The lowest BCUT2D eigenvalue weighted by atomic mass is 10.2. The van der Waals surface area contributed by atoms with E-state index in [9.17, 15) is 4.79 Å². The zero-order valence-corrected chi connectivity index (χ0v) is 13.9. The van der Waals surface area contributed by atoms with Gasteiger partial charge in [0.1, 0.15) is 12.4 Å². The van der Waals surface area contributed by atoms with Crippen molar-refractivity contribution in [3.8, 4) is 5.75 Å². The van der Waals surface area contributed by atoms with E-state index in [1.54, 1.807) is 6.08 Å². The molecule has 3 nitrogen and oxygen atoms in total. The maximum Gasteiger partial charge on any atom is 0.331 e. The largest absolute Gasteiger partial charge is 0.489 e. The number of hydrogen-bond acceptors (Lipinski definition) is 3. The van der Waals surface area contributed by atoms with Crippen molar-refractivity contribution in [1.29, 1.82) is 0 Å². The van der Waals surface area contributed by atoms with Crippen molar-refractivity contribution in [3.63, 3.8) is 0 Å². The first-order chi connectivity index (χ1) is 11.0. The van der Waals surface area contributed by atoms with Gasteiger partial charge in [-0.3, -0.25) is 0 Å². The molecular formula is C19H19ClO3. The summed E-state index contributed by atoms with van der Waals surface area (Å²) < 4.78 is 10.7. The van der Waals surface area contributed by atoms with Gasteiger partial charge in [0, 0.05) is 16.7 Å². The number of carbonyl (C=O) groups excluding carboxylic acids is 1. The number of rotatable bonds is 6. The van der Waals surface area contributed by atoms with Crippen LogP contribution in [0.3, 0.4) is 0 Å². The molecule has 0 saturated carbocycles. The van der Waals surface area contributed by atoms with E-state index in [2.05, 4.69) is 0 Å². The van der Waals surface area contributed by atoms with Gasteiger partial charge in [-0.05, 0) is 43.7 Å². The third-order valence-electron chi connectivity index (χ3n) is 3.00. The van der Waals surface area contributed by atoms with Crippen LogP contribution < -0.4 is 4.74 Å². The van der Waals surface area contributed by atoms with E-state index in [1.165, 1.54) is 6.08 Å². The van der Waals surface area contributed by atoms with Gasteiger partial charge < -0.3 is 9.47 Å². The molecule has 0 spiro atoms. The smallest absolute Gasteiger partial charge is 0.331 e. The minimum atomic E-state index is -0.348. The molecule has 23 heavy (non-hydrogen) atoms. The molecule has 0 saturated heterocycles. The van der Waals surface area contributed by atoms with Crippen molar-refractivity contribution in [2.45, 2.75) is 26.6 Å². The van der Waals surface area contributed by atoms with Crippen LogP contribution in [0.25, 0.3) is 6.08 Å². The van der Waals surface area contributed by atoms with Crippen LogP contribution >= 0.6 is 11.6 Å². The van der Waals surface area contributed by atoms with Crippen LogP contribution in [0.15, 0.2) is 54.6 Å². The molecule has 0 heterocycles. The lowest BCUT2D eigenvalue weighted by Crippen LogP contribution is -2.08. The SMILES string of the molecule is CC(C)OC(=O)/C=C/c1ccc(OCc2ccccc2Cl)cc1. The van der Waals surface area contributed by atoms with E-state index in [0.717, 1.165) is 16.9 Å². The molecule has 2 aromatic rings. The standard InChI is InChI=1S/C19H19ClO3/c1-14(2)23-19(21)12-9-15-7-10-17(11-8-15)22-13-16-5-3-4-6-18(16)20/h3-12,14H,13H2,1-2H3/b12-9+. The highest BCUT2D eigenvalue weighted by Crippen LogP contribution is 2.19. The molecule has 0 atom stereocenters. The summed E-state index contributed by atoms with van der Waals surface area (Å²) in [5.41, 5.74) is 1.84. The molecule has 0 aliphatic rings. The minimum Gasteiger partial charge on any atom is -0.489 e. The lowest BCUT2D eigenvalue weighted by molar-refractivity contribution is -0.141. The zero-order valence-electron chi connectivity index (χ0n) is 13.2. The number of benzene rings is 2. The average molecular weight is 331 g/mol. The Morgan fingerprint density at radius 2 is 1.83 bits per heavy atom. The van der Waals surface area contributed by atoms with Gasteiger partial charge >= 0.3 is 5.97 Å². The van der Waals surface area contributed by atoms with Gasteiger partial charge in [-0.2, -0.15) is 0 Å². The van der Waals surface area contributed by atoms with Gasteiger partial charge in [-0.1, -0.05) is 41.9 Å². The Bertz CT molecular complexity index is 675. The van der Waals surface area contributed by atoms with Gasteiger partial charge in [-0.25, -0.2) is 4.79 Å². The highest BCUT2D eigenvalue weighted by Gasteiger charge is 2.02. The van der Waals surface area contributed by atoms with E-state index >= 15 is 0 Å². The van der Waals surface area contributed by atoms with Crippen molar-refractivity contribution in [2.75, 3.05) is 0 Å². The van der Waals surface area contributed by atoms with E-state index in [4.69, 9.17) is 21.1 Å². The van der Waals surface area contributed by atoms with Gasteiger partial charge in [-0.15, -0.1) is 0 Å². The summed E-state index contributed by atoms with van der Waals surface area (Å²) in [5, 5.41) is 0.690. The third kappa shape index (κ3) is 5.80.